The number of hydrogen-bond acceptors (Lipinski definition) is 6. The van der Waals surface area contributed by atoms with Crippen molar-refractivity contribution >= 4 is 17.3 Å². The van der Waals surface area contributed by atoms with Crippen LogP contribution in [0.25, 0.3) is 11.4 Å². The van der Waals surface area contributed by atoms with Crippen LogP contribution < -0.4 is 9.64 Å². The van der Waals surface area contributed by atoms with Gasteiger partial charge in [0.15, 0.2) is 5.82 Å². The van der Waals surface area contributed by atoms with Gasteiger partial charge >= 0.3 is 0 Å². The fourth-order valence-corrected chi connectivity index (χ4v) is 4.34. The quantitative estimate of drug-likeness (QED) is 0.600. The van der Waals surface area contributed by atoms with Crippen molar-refractivity contribution in [2.45, 2.75) is 31.9 Å². The Morgan fingerprint density at radius 3 is 2.86 bits per heavy atom. The molecule has 0 spiro atoms. The Hall–Kier alpha value is -2.38. The van der Waals surface area contributed by atoms with Gasteiger partial charge in [-0.15, -0.1) is 21.5 Å². The summed E-state index contributed by atoms with van der Waals surface area (Å²) in [5.41, 5.74) is 0.947. The van der Waals surface area contributed by atoms with Crippen LogP contribution in [0.5, 0.6) is 5.75 Å². The first-order valence-corrected chi connectivity index (χ1v) is 10.6. The van der Waals surface area contributed by atoms with Crippen LogP contribution >= 0.6 is 11.3 Å². The third kappa shape index (κ3) is 4.05. The van der Waals surface area contributed by atoms with E-state index in [9.17, 15) is 0 Å². The number of benzene rings is 1. The minimum absolute atomic E-state index is 0.250. The van der Waals surface area contributed by atoms with E-state index in [2.05, 4.69) is 44.2 Å². The molecule has 28 heavy (non-hydrogen) atoms. The summed E-state index contributed by atoms with van der Waals surface area (Å²) in [4.78, 5) is 3.43. The Balaban J connectivity index is 1.68. The van der Waals surface area contributed by atoms with Crippen LogP contribution in [0.15, 0.2) is 41.8 Å². The van der Waals surface area contributed by atoms with Crippen LogP contribution in [-0.2, 0) is 11.3 Å². The van der Waals surface area contributed by atoms with E-state index in [0.29, 0.717) is 0 Å². The molecule has 3 heterocycles. The summed E-state index contributed by atoms with van der Waals surface area (Å²) in [5.74, 6) is 2.47. The van der Waals surface area contributed by atoms with E-state index in [1.807, 2.05) is 24.3 Å². The van der Waals surface area contributed by atoms with Crippen molar-refractivity contribution in [1.29, 1.82) is 0 Å². The number of anilines is 1. The van der Waals surface area contributed by atoms with Gasteiger partial charge in [-0.3, -0.25) is 4.57 Å². The molecule has 6 nitrogen and oxygen atoms in total. The molecule has 0 aliphatic carbocycles. The molecule has 0 saturated carbocycles. The molecule has 148 valence electrons. The molecule has 7 heteroatoms. The summed E-state index contributed by atoms with van der Waals surface area (Å²) in [5, 5.41) is 11.2. The van der Waals surface area contributed by atoms with Crippen molar-refractivity contribution in [3.8, 4) is 17.1 Å². The van der Waals surface area contributed by atoms with Gasteiger partial charge < -0.3 is 14.4 Å². The van der Waals surface area contributed by atoms with Crippen LogP contribution in [0.1, 0.15) is 24.1 Å². The number of para-hydroxylation sites is 1. The summed E-state index contributed by atoms with van der Waals surface area (Å²) in [6.45, 7) is 2.39. The summed E-state index contributed by atoms with van der Waals surface area (Å²) in [6.07, 6.45) is 3.74. The van der Waals surface area contributed by atoms with Crippen LogP contribution in [-0.4, -0.2) is 48.2 Å². The normalized spacial score (nSPS) is 16.9. The van der Waals surface area contributed by atoms with Crippen molar-refractivity contribution in [2.75, 3.05) is 32.2 Å². The van der Waals surface area contributed by atoms with E-state index in [1.165, 1.54) is 11.3 Å². The highest BCUT2D eigenvalue weighted by atomic mass is 32.1. The number of likely N-dealkylation sites (N-methyl/N-ethyl adjacent to an activating group) is 1. The maximum absolute atomic E-state index is 5.93. The lowest BCUT2D eigenvalue weighted by molar-refractivity contribution is 0.0214. The Kier molecular flexibility index (Phi) is 5.92. The first-order chi connectivity index (χ1) is 13.8. The number of thiophene rings is 1. The predicted octanol–water partition coefficient (Wildman–Crippen LogP) is 4.07. The fourth-order valence-electron chi connectivity index (χ4n) is 3.65. The zero-order valence-corrected chi connectivity index (χ0v) is 17.2. The van der Waals surface area contributed by atoms with Gasteiger partial charge in [0.05, 0.1) is 25.3 Å². The number of methoxy groups -OCH3 is 1. The van der Waals surface area contributed by atoms with Gasteiger partial charge in [-0.2, -0.15) is 0 Å². The van der Waals surface area contributed by atoms with E-state index in [-0.39, 0.29) is 6.10 Å². The molecule has 0 amide bonds. The molecule has 1 atom stereocenters. The van der Waals surface area contributed by atoms with Crippen LogP contribution in [0, 0.1) is 0 Å². The predicted molar refractivity (Wildman–Crippen MR) is 112 cm³/mol. The number of rotatable bonds is 7. The third-order valence-electron chi connectivity index (χ3n) is 5.07. The second-order valence-electron chi connectivity index (χ2n) is 7.06. The zero-order chi connectivity index (χ0) is 19.3. The van der Waals surface area contributed by atoms with Crippen molar-refractivity contribution in [2.24, 2.45) is 0 Å². The molecule has 1 fully saturated rings. The Morgan fingerprint density at radius 1 is 1.21 bits per heavy atom. The molecule has 1 saturated heterocycles. The summed E-state index contributed by atoms with van der Waals surface area (Å²) >= 11 is 1.74. The van der Waals surface area contributed by atoms with E-state index >= 15 is 0 Å². The first-order valence-electron chi connectivity index (χ1n) is 9.68. The van der Waals surface area contributed by atoms with Crippen LogP contribution in [0.4, 0.5) is 5.95 Å². The molecule has 0 radical (unpaired) electrons. The number of ether oxygens (including phenoxy) is 2. The SMILES string of the molecule is COc1ccccc1-c1nnc(N(C)CC2CCCCO2)n1Cc1cccs1. The molecule has 0 bridgehead atoms. The minimum Gasteiger partial charge on any atom is -0.496 e. The monoisotopic (exact) mass is 398 g/mol. The van der Waals surface area contributed by atoms with Gasteiger partial charge in [-0.1, -0.05) is 18.2 Å². The molecule has 4 rings (SSSR count). The highest BCUT2D eigenvalue weighted by molar-refractivity contribution is 7.09. The largest absolute Gasteiger partial charge is 0.496 e. The van der Waals surface area contributed by atoms with E-state index in [0.717, 1.165) is 55.6 Å². The lowest BCUT2D eigenvalue weighted by atomic mass is 10.1. The second kappa shape index (κ2) is 8.75. The Morgan fingerprint density at radius 2 is 2.11 bits per heavy atom. The first kappa shape index (κ1) is 19.0. The highest BCUT2D eigenvalue weighted by Gasteiger charge is 2.23. The molecule has 1 aromatic carbocycles. The summed E-state index contributed by atoms with van der Waals surface area (Å²) < 4.78 is 13.7. The van der Waals surface area contributed by atoms with Crippen molar-refractivity contribution < 1.29 is 9.47 Å². The topological polar surface area (TPSA) is 52.4 Å². The number of nitrogens with zero attached hydrogens (tertiary/aromatic N) is 4. The summed E-state index contributed by atoms with van der Waals surface area (Å²) in [7, 11) is 3.76. The average molecular weight is 399 g/mol. The molecular formula is C21H26N4O2S. The smallest absolute Gasteiger partial charge is 0.227 e. The number of aromatic nitrogens is 3. The standard InChI is InChI=1S/C21H26N4O2S/c1-24(14-16-8-5-6-12-27-16)21-23-22-20(18-10-3-4-11-19(18)26-2)25(21)15-17-9-7-13-28-17/h3-4,7,9-11,13,16H,5-6,8,12,14-15H2,1-2H3. The van der Waals surface area contributed by atoms with Gasteiger partial charge in [0, 0.05) is 25.1 Å². The summed E-state index contributed by atoms with van der Waals surface area (Å²) in [6, 6.07) is 12.2. The zero-order valence-electron chi connectivity index (χ0n) is 16.4. The lowest BCUT2D eigenvalue weighted by Crippen LogP contribution is -2.34. The molecule has 0 N–H and O–H groups in total. The van der Waals surface area contributed by atoms with Crippen molar-refractivity contribution in [3.63, 3.8) is 0 Å². The van der Waals surface area contributed by atoms with Gasteiger partial charge in [0.25, 0.3) is 0 Å². The van der Waals surface area contributed by atoms with Gasteiger partial charge in [-0.05, 0) is 42.8 Å². The fraction of sp³-hybridized carbons (Fsp3) is 0.429. The minimum atomic E-state index is 0.250. The maximum Gasteiger partial charge on any atom is 0.227 e. The third-order valence-corrected chi connectivity index (χ3v) is 5.93. The van der Waals surface area contributed by atoms with E-state index < -0.39 is 0 Å². The average Bonchev–Trinajstić information content (AvgIpc) is 3.39. The van der Waals surface area contributed by atoms with E-state index in [1.54, 1.807) is 18.4 Å². The van der Waals surface area contributed by atoms with Gasteiger partial charge in [-0.25, -0.2) is 0 Å². The highest BCUT2D eigenvalue weighted by Crippen LogP contribution is 2.31. The molecule has 1 aliphatic rings. The van der Waals surface area contributed by atoms with Crippen molar-refractivity contribution in [1.82, 2.24) is 14.8 Å². The molecule has 3 aromatic rings. The van der Waals surface area contributed by atoms with Gasteiger partial charge in [0.1, 0.15) is 5.75 Å². The molecule has 2 aromatic heterocycles. The Bertz CT molecular complexity index is 888. The molecular weight excluding hydrogens is 372 g/mol. The Labute approximate surface area is 169 Å². The van der Waals surface area contributed by atoms with E-state index in [4.69, 9.17) is 9.47 Å². The lowest BCUT2D eigenvalue weighted by Gasteiger charge is -2.28. The molecule has 1 aliphatic heterocycles. The second-order valence-corrected chi connectivity index (χ2v) is 8.09. The number of hydrogen-bond donors (Lipinski definition) is 0. The molecule has 1 unspecified atom stereocenters. The van der Waals surface area contributed by atoms with Gasteiger partial charge in [0.2, 0.25) is 5.95 Å². The van der Waals surface area contributed by atoms with Crippen molar-refractivity contribution in [3.05, 3.63) is 46.7 Å². The van der Waals surface area contributed by atoms with Crippen LogP contribution in [0.3, 0.4) is 0 Å². The maximum atomic E-state index is 5.93. The van der Waals surface area contributed by atoms with Crippen LogP contribution in [0.2, 0.25) is 0 Å².